The number of nitrogen functional groups attached to an aromatic ring is 1. The number of nitrogens with one attached hydrogen (secondary N) is 1. The molecule has 3 heterocycles. The van der Waals surface area contributed by atoms with E-state index in [-0.39, 0.29) is 5.56 Å². The molecule has 0 fully saturated rings. The Bertz CT molecular complexity index is 820. The fourth-order valence-corrected chi connectivity index (χ4v) is 2.01. The van der Waals surface area contributed by atoms with Crippen molar-refractivity contribution in [2.24, 2.45) is 12.9 Å². The van der Waals surface area contributed by atoms with Gasteiger partial charge in [0.1, 0.15) is 11.7 Å². The lowest BCUT2D eigenvalue weighted by Crippen LogP contribution is -2.21. The van der Waals surface area contributed by atoms with Gasteiger partial charge in [-0.1, -0.05) is 0 Å². The standard InChI is InChI=1S/C12H13N7O/c1-18-11-10(5-16-18)12(20)19(7-15-11)6-9-4-8(17-13)2-3-14-9/h2-5,7H,6,13H2,1H3,(H,14,17). The second-order valence-corrected chi connectivity index (χ2v) is 4.36. The Balaban J connectivity index is 2.02. The quantitative estimate of drug-likeness (QED) is 0.507. The fourth-order valence-electron chi connectivity index (χ4n) is 2.01. The van der Waals surface area contributed by atoms with Gasteiger partial charge < -0.3 is 5.43 Å². The zero-order chi connectivity index (χ0) is 14.1. The van der Waals surface area contributed by atoms with E-state index in [4.69, 9.17) is 5.84 Å². The molecule has 3 aromatic rings. The molecule has 0 unspecified atom stereocenters. The Hall–Kier alpha value is -2.74. The third-order valence-corrected chi connectivity index (χ3v) is 3.03. The fraction of sp³-hybridized carbons (Fsp3) is 0.167. The van der Waals surface area contributed by atoms with Crippen molar-refractivity contribution in [1.29, 1.82) is 0 Å². The summed E-state index contributed by atoms with van der Waals surface area (Å²) < 4.78 is 3.06. The second kappa shape index (κ2) is 4.74. The van der Waals surface area contributed by atoms with Crippen LogP contribution in [0.15, 0.2) is 35.6 Å². The monoisotopic (exact) mass is 271 g/mol. The van der Waals surface area contributed by atoms with Crippen LogP contribution in [0.25, 0.3) is 11.0 Å². The van der Waals surface area contributed by atoms with E-state index in [1.807, 2.05) is 0 Å². The minimum absolute atomic E-state index is 0.143. The van der Waals surface area contributed by atoms with Gasteiger partial charge in [-0.2, -0.15) is 5.10 Å². The molecule has 0 aromatic carbocycles. The highest BCUT2D eigenvalue weighted by Crippen LogP contribution is 2.08. The van der Waals surface area contributed by atoms with Crippen molar-refractivity contribution in [2.75, 3.05) is 5.43 Å². The third kappa shape index (κ3) is 2.01. The van der Waals surface area contributed by atoms with E-state index in [9.17, 15) is 4.79 Å². The lowest BCUT2D eigenvalue weighted by molar-refractivity contribution is 0.722. The van der Waals surface area contributed by atoms with E-state index in [2.05, 4.69) is 20.5 Å². The van der Waals surface area contributed by atoms with Crippen LogP contribution in [0.3, 0.4) is 0 Å². The minimum atomic E-state index is -0.143. The normalized spacial score (nSPS) is 10.9. The van der Waals surface area contributed by atoms with E-state index in [0.29, 0.717) is 23.3 Å². The topological polar surface area (TPSA) is 104 Å². The highest BCUT2D eigenvalue weighted by Gasteiger charge is 2.08. The first-order valence-corrected chi connectivity index (χ1v) is 5.98. The molecule has 0 aliphatic heterocycles. The molecule has 0 aliphatic carbocycles. The average molecular weight is 271 g/mol. The Morgan fingerprint density at radius 3 is 3.05 bits per heavy atom. The van der Waals surface area contributed by atoms with Crippen molar-refractivity contribution in [1.82, 2.24) is 24.3 Å². The molecule has 3 aromatic heterocycles. The molecular weight excluding hydrogens is 258 g/mol. The number of rotatable bonds is 3. The highest BCUT2D eigenvalue weighted by molar-refractivity contribution is 5.72. The van der Waals surface area contributed by atoms with Crippen molar-refractivity contribution >= 4 is 16.7 Å². The van der Waals surface area contributed by atoms with Gasteiger partial charge in [-0.05, 0) is 12.1 Å². The molecule has 0 radical (unpaired) electrons. The molecule has 3 N–H and O–H groups in total. The predicted molar refractivity (Wildman–Crippen MR) is 73.9 cm³/mol. The molecule has 0 bridgehead atoms. The molecule has 102 valence electrons. The number of anilines is 1. The molecule has 3 rings (SSSR count). The van der Waals surface area contributed by atoms with E-state index in [1.165, 1.54) is 17.1 Å². The zero-order valence-electron chi connectivity index (χ0n) is 10.8. The van der Waals surface area contributed by atoms with Crippen LogP contribution in [-0.2, 0) is 13.6 Å². The SMILES string of the molecule is Cn1ncc2c(=O)n(Cc3cc(NN)ccn3)cnc21. The van der Waals surface area contributed by atoms with Crippen molar-refractivity contribution in [3.63, 3.8) is 0 Å². The summed E-state index contributed by atoms with van der Waals surface area (Å²) in [5.41, 5.74) is 4.42. The van der Waals surface area contributed by atoms with Crippen LogP contribution in [0.1, 0.15) is 5.69 Å². The van der Waals surface area contributed by atoms with Gasteiger partial charge >= 0.3 is 0 Å². The Kier molecular flexibility index (Phi) is 2.92. The van der Waals surface area contributed by atoms with E-state index < -0.39 is 0 Å². The van der Waals surface area contributed by atoms with Gasteiger partial charge in [-0.3, -0.25) is 24.9 Å². The summed E-state index contributed by atoms with van der Waals surface area (Å²) in [4.78, 5) is 20.7. The highest BCUT2D eigenvalue weighted by atomic mass is 16.1. The second-order valence-electron chi connectivity index (χ2n) is 4.36. The van der Waals surface area contributed by atoms with Gasteiger partial charge in [0.2, 0.25) is 0 Å². The van der Waals surface area contributed by atoms with Crippen molar-refractivity contribution < 1.29 is 0 Å². The van der Waals surface area contributed by atoms with Gasteiger partial charge in [0, 0.05) is 13.2 Å². The van der Waals surface area contributed by atoms with Crippen LogP contribution in [0.2, 0.25) is 0 Å². The van der Waals surface area contributed by atoms with Gasteiger partial charge in [0.25, 0.3) is 5.56 Å². The summed E-state index contributed by atoms with van der Waals surface area (Å²) in [6.07, 6.45) is 4.65. The minimum Gasteiger partial charge on any atom is -0.324 e. The molecule has 8 nitrogen and oxygen atoms in total. The van der Waals surface area contributed by atoms with E-state index >= 15 is 0 Å². The smallest absolute Gasteiger partial charge is 0.264 e. The molecule has 8 heteroatoms. The number of pyridine rings is 1. The number of nitrogens with zero attached hydrogens (tertiary/aromatic N) is 5. The van der Waals surface area contributed by atoms with Crippen LogP contribution in [0, 0.1) is 0 Å². The maximum atomic E-state index is 12.3. The number of fused-ring (bicyclic) bond motifs is 1. The lowest BCUT2D eigenvalue weighted by Gasteiger charge is -2.06. The van der Waals surface area contributed by atoms with Crippen LogP contribution < -0.4 is 16.8 Å². The zero-order valence-corrected chi connectivity index (χ0v) is 10.8. The lowest BCUT2D eigenvalue weighted by atomic mass is 10.3. The molecule has 0 amide bonds. The summed E-state index contributed by atoms with van der Waals surface area (Å²) in [5.74, 6) is 5.35. The predicted octanol–water partition coefficient (Wildman–Crippen LogP) is -0.141. The van der Waals surface area contributed by atoms with Gasteiger partial charge in [-0.15, -0.1) is 0 Å². The van der Waals surface area contributed by atoms with Crippen LogP contribution in [-0.4, -0.2) is 24.3 Å². The van der Waals surface area contributed by atoms with Crippen LogP contribution >= 0.6 is 0 Å². The first-order valence-electron chi connectivity index (χ1n) is 5.98. The van der Waals surface area contributed by atoms with Crippen molar-refractivity contribution in [3.8, 4) is 0 Å². The van der Waals surface area contributed by atoms with E-state index in [0.717, 1.165) is 5.69 Å². The number of hydrogen-bond acceptors (Lipinski definition) is 6. The molecule has 0 aliphatic rings. The summed E-state index contributed by atoms with van der Waals surface area (Å²) in [6.45, 7) is 0.326. The first kappa shape index (κ1) is 12.3. The van der Waals surface area contributed by atoms with Gasteiger partial charge in [0.15, 0.2) is 5.65 Å². The Morgan fingerprint density at radius 2 is 2.25 bits per heavy atom. The molecule has 0 atom stereocenters. The number of aromatic nitrogens is 5. The van der Waals surface area contributed by atoms with Crippen LogP contribution in [0.5, 0.6) is 0 Å². The van der Waals surface area contributed by atoms with E-state index in [1.54, 1.807) is 30.1 Å². The Labute approximate surface area is 113 Å². The van der Waals surface area contributed by atoms with Gasteiger partial charge in [-0.25, -0.2) is 4.98 Å². The molecular formula is C12H13N7O. The van der Waals surface area contributed by atoms with Gasteiger partial charge in [0.05, 0.1) is 24.1 Å². The number of nitrogens with two attached hydrogens (primary N) is 1. The first-order chi connectivity index (χ1) is 9.69. The molecule has 20 heavy (non-hydrogen) atoms. The number of hydrogen-bond donors (Lipinski definition) is 2. The Morgan fingerprint density at radius 1 is 1.40 bits per heavy atom. The van der Waals surface area contributed by atoms with Crippen LogP contribution in [0.4, 0.5) is 5.69 Å². The summed E-state index contributed by atoms with van der Waals surface area (Å²) in [7, 11) is 1.75. The summed E-state index contributed by atoms with van der Waals surface area (Å²) in [6, 6.07) is 3.52. The average Bonchev–Trinajstić information content (AvgIpc) is 2.84. The third-order valence-electron chi connectivity index (χ3n) is 3.03. The molecule has 0 saturated carbocycles. The number of hydrazine groups is 1. The maximum absolute atomic E-state index is 12.3. The molecule has 0 spiro atoms. The molecule has 0 saturated heterocycles. The van der Waals surface area contributed by atoms with Crippen molar-refractivity contribution in [3.05, 3.63) is 46.9 Å². The van der Waals surface area contributed by atoms with Crippen molar-refractivity contribution in [2.45, 2.75) is 6.54 Å². The summed E-state index contributed by atoms with van der Waals surface area (Å²) >= 11 is 0. The largest absolute Gasteiger partial charge is 0.324 e. The maximum Gasteiger partial charge on any atom is 0.264 e. The number of aryl methyl sites for hydroxylation is 1. The summed E-state index contributed by atoms with van der Waals surface area (Å²) in [5, 5.41) is 4.52.